The van der Waals surface area contributed by atoms with Gasteiger partial charge in [0.05, 0.1) is 24.2 Å². The van der Waals surface area contributed by atoms with Crippen LogP contribution in [0.1, 0.15) is 32.7 Å². The van der Waals surface area contributed by atoms with Crippen molar-refractivity contribution < 1.29 is 35.9 Å². The average Bonchev–Trinajstić information content (AvgIpc) is 3.54. The number of benzene rings is 2. The van der Waals surface area contributed by atoms with Crippen molar-refractivity contribution in [3.8, 4) is 16.9 Å². The maximum atomic E-state index is 14.6. The molecule has 0 saturated heterocycles. The zero-order chi connectivity index (χ0) is 27.5. The summed E-state index contributed by atoms with van der Waals surface area (Å²) in [6.45, 7) is -1.01. The molecule has 4 aromatic rings. The molecule has 0 radical (unpaired) electrons. The normalized spacial score (nSPS) is 14.7. The van der Waals surface area contributed by atoms with Gasteiger partial charge in [0.15, 0.2) is 5.69 Å². The molecule has 1 amide bonds. The van der Waals surface area contributed by atoms with Gasteiger partial charge >= 0.3 is 6.18 Å². The van der Waals surface area contributed by atoms with Gasteiger partial charge in [0.1, 0.15) is 17.9 Å². The van der Waals surface area contributed by atoms with E-state index in [1.807, 2.05) is 0 Å². The van der Waals surface area contributed by atoms with Gasteiger partial charge in [-0.15, -0.1) is 0 Å². The van der Waals surface area contributed by atoms with Crippen LogP contribution in [0.3, 0.4) is 0 Å². The third-order valence-electron chi connectivity index (χ3n) is 6.86. The SMILES string of the molecule is O=C1c2ncn3c(NCc4c(F)ccc5c4CCO5)ncc(c23)-c2ccc(C(F)(F)F)cc2CN1CC(F)F. The van der Waals surface area contributed by atoms with E-state index in [1.54, 1.807) is 6.07 Å². The summed E-state index contributed by atoms with van der Waals surface area (Å²) in [5.74, 6) is -0.533. The number of ether oxygens (including phenoxy) is 1. The number of hydrogen-bond donors (Lipinski definition) is 1. The Hall–Kier alpha value is -4.29. The van der Waals surface area contributed by atoms with Crippen LogP contribution in [0.4, 0.5) is 32.3 Å². The fraction of sp³-hybridized carbons (Fsp3) is 0.269. The molecule has 13 heteroatoms. The zero-order valence-corrected chi connectivity index (χ0v) is 20.0. The Morgan fingerprint density at radius 3 is 2.69 bits per heavy atom. The highest BCUT2D eigenvalue weighted by atomic mass is 19.4. The van der Waals surface area contributed by atoms with Crippen LogP contribution >= 0.6 is 0 Å². The first-order chi connectivity index (χ1) is 18.6. The molecule has 0 spiro atoms. The Labute approximate surface area is 217 Å². The summed E-state index contributed by atoms with van der Waals surface area (Å²) in [7, 11) is 0. The summed E-state index contributed by atoms with van der Waals surface area (Å²) >= 11 is 0. The minimum absolute atomic E-state index is 0.0182. The van der Waals surface area contributed by atoms with Gasteiger partial charge in [0.25, 0.3) is 12.3 Å². The summed E-state index contributed by atoms with van der Waals surface area (Å²) in [6.07, 6.45) is -4.41. The van der Waals surface area contributed by atoms with Crippen molar-refractivity contribution in [1.82, 2.24) is 19.3 Å². The van der Waals surface area contributed by atoms with E-state index in [0.29, 0.717) is 35.5 Å². The summed E-state index contributed by atoms with van der Waals surface area (Å²) in [4.78, 5) is 22.6. The maximum Gasteiger partial charge on any atom is 0.416 e. The summed E-state index contributed by atoms with van der Waals surface area (Å²) < 4.78 is 88.7. The van der Waals surface area contributed by atoms with Crippen LogP contribution in [0, 0.1) is 5.82 Å². The molecular formula is C26H19F6N5O2. The number of fused-ring (bicyclic) bond motifs is 3. The number of halogens is 6. The van der Waals surface area contributed by atoms with Gasteiger partial charge in [-0.05, 0) is 35.4 Å². The van der Waals surface area contributed by atoms with E-state index in [9.17, 15) is 31.1 Å². The van der Waals surface area contributed by atoms with Crippen LogP contribution in [0.2, 0.25) is 0 Å². The van der Waals surface area contributed by atoms with E-state index in [0.717, 1.165) is 22.6 Å². The lowest BCUT2D eigenvalue weighted by Crippen LogP contribution is -2.36. The van der Waals surface area contributed by atoms with E-state index < -0.39 is 43.0 Å². The number of anilines is 1. The van der Waals surface area contributed by atoms with Crippen molar-refractivity contribution in [3.63, 3.8) is 0 Å². The number of carbonyl (C=O) groups excluding carboxylic acids is 1. The Kier molecular flexibility index (Phi) is 5.88. The Morgan fingerprint density at radius 2 is 1.92 bits per heavy atom. The molecule has 7 nitrogen and oxygen atoms in total. The number of carbonyl (C=O) groups is 1. The number of imidazole rings is 1. The lowest BCUT2D eigenvalue weighted by Gasteiger charge is -2.26. The highest BCUT2D eigenvalue weighted by molar-refractivity contribution is 6.04. The Morgan fingerprint density at radius 1 is 1.10 bits per heavy atom. The molecule has 2 aromatic carbocycles. The monoisotopic (exact) mass is 547 g/mol. The molecule has 2 aliphatic heterocycles. The molecule has 2 aromatic heterocycles. The van der Waals surface area contributed by atoms with E-state index in [2.05, 4.69) is 15.3 Å². The van der Waals surface area contributed by atoms with Gasteiger partial charge < -0.3 is 15.0 Å². The maximum absolute atomic E-state index is 14.6. The molecular weight excluding hydrogens is 528 g/mol. The zero-order valence-electron chi connectivity index (χ0n) is 20.0. The molecule has 4 heterocycles. The van der Waals surface area contributed by atoms with Crippen molar-refractivity contribution in [2.24, 2.45) is 0 Å². The third kappa shape index (κ3) is 4.31. The van der Waals surface area contributed by atoms with Crippen molar-refractivity contribution in [1.29, 1.82) is 0 Å². The molecule has 202 valence electrons. The second-order valence-corrected chi connectivity index (χ2v) is 9.21. The van der Waals surface area contributed by atoms with E-state index in [1.165, 1.54) is 29.1 Å². The third-order valence-corrected chi connectivity index (χ3v) is 6.86. The number of aromatic nitrogens is 3. The van der Waals surface area contributed by atoms with Crippen molar-refractivity contribution in [3.05, 3.63) is 76.6 Å². The number of amides is 1. The van der Waals surface area contributed by atoms with Crippen LogP contribution in [0.15, 0.2) is 42.9 Å². The van der Waals surface area contributed by atoms with E-state index in [4.69, 9.17) is 4.74 Å². The second kappa shape index (κ2) is 9.17. The van der Waals surface area contributed by atoms with Gasteiger partial charge in [-0.2, -0.15) is 13.2 Å². The molecule has 0 fully saturated rings. The first-order valence-corrected chi connectivity index (χ1v) is 11.9. The summed E-state index contributed by atoms with van der Waals surface area (Å²) in [6, 6.07) is 5.84. The quantitative estimate of drug-likeness (QED) is 0.343. The minimum Gasteiger partial charge on any atom is -0.493 e. The van der Waals surface area contributed by atoms with Gasteiger partial charge in [0.2, 0.25) is 5.95 Å². The first-order valence-electron chi connectivity index (χ1n) is 11.9. The summed E-state index contributed by atoms with van der Waals surface area (Å²) in [5.41, 5.74) is 0.812. The highest BCUT2D eigenvalue weighted by Gasteiger charge is 2.34. The molecule has 0 atom stereocenters. The van der Waals surface area contributed by atoms with Crippen LogP contribution in [-0.4, -0.2) is 44.8 Å². The van der Waals surface area contributed by atoms with E-state index in [-0.39, 0.29) is 29.3 Å². The number of rotatable bonds is 5. The van der Waals surface area contributed by atoms with E-state index >= 15 is 0 Å². The highest BCUT2D eigenvalue weighted by Crippen LogP contribution is 2.38. The topological polar surface area (TPSA) is 71.8 Å². The molecule has 0 unspecified atom stereocenters. The molecule has 0 saturated carbocycles. The van der Waals surface area contributed by atoms with Crippen LogP contribution < -0.4 is 10.1 Å². The van der Waals surface area contributed by atoms with Gasteiger partial charge in [-0.3, -0.25) is 9.20 Å². The minimum atomic E-state index is -4.67. The lowest BCUT2D eigenvalue weighted by atomic mass is 9.95. The van der Waals surface area contributed by atoms with Gasteiger partial charge in [-0.25, -0.2) is 23.1 Å². The molecule has 0 aliphatic carbocycles. The standard InChI is InChI=1S/C26H19F6N5O2/c27-19-3-4-20-16(5-6-39-20)17(19)8-33-25-34-9-18-15-2-1-14(26(30,31)32)7-13(15)10-36(11-21(28)29)24(38)22-23(18)37(25)12-35-22/h1-4,7,9,12,21H,5-6,8,10-11H2,(H,33,34). The lowest BCUT2D eigenvalue weighted by molar-refractivity contribution is -0.137. The van der Waals surface area contributed by atoms with Crippen molar-refractivity contribution in [2.45, 2.75) is 32.1 Å². The van der Waals surface area contributed by atoms with Crippen molar-refractivity contribution >= 4 is 17.4 Å². The second-order valence-electron chi connectivity index (χ2n) is 9.21. The number of alkyl halides is 5. The Bertz CT molecular complexity index is 1620. The predicted octanol–water partition coefficient (Wildman–Crippen LogP) is 5.32. The average molecular weight is 547 g/mol. The number of hydrogen-bond acceptors (Lipinski definition) is 5. The molecule has 1 N–H and O–H groups in total. The van der Waals surface area contributed by atoms with Gasteiger partial charge in [-0.1, -0.05) is 6.07 Å². The Balaban J connectivity index is 1.47. The number of nitrogens with zero attached hydrogens (tertiary/aromatic N) is 4. The van der Waals surface area contributed by atoms with Crippen LogP contribution in [0.5, 0.6) is 5.75 Å². The van der Waals surface area contributed by atoms with Crippen LogP contribution in [0.25, 0.3) is 16.6 Å². The van der Waals surface area contributed by atoms with Gasteiger partial charge in [0, 0.05) is 42.4 Å². The van der Waals surface area contributed by atoms with Crippen LogP contribution in [-0.2, 0) is 25.7 Å². The summed E-state index contributed by atoms with van der Waals surface area (Å²) in [5, 5.41) is 3.03. The molecule has 0 bridgehead atoms. The fourth-order valence-corrected chi connectivity index (χ4v) is 5.08. The molecule has 2 aliphatic rings. The largest absolute Gasteiger partial charge is 0.493 e. The molecule has 39 heavy (non-hydrogen) atoms. The molecule has 6 rings (SSSR count). The fourth-order valence-electron chi connectivity index (χ4n) is 5.08. The smallest absolute Gasteiger partial charge is 0.416 e. The number of nitrogens with one attached hydrogen (secondary N) is 1. The van der Waals surface area contributed by atoms with Crippen molar-refractivity contribution in [2.75, 3.05) is 18.5 Å². The first kappa shape index (κ1) is 25.0. The predicted molar refractivity (Wildman–Crippen MR) is 127 cm³/mol.